The topological polar surface area (TPSA) is 54.4 Å². The van der Waals surface area contributed by atoms with E-state index in [9.17, 15) is 8.42 Å². The van der Waals surface area contributed by atoms with Crippen LogP contribution in [0.4, 0.5) is 0 Å². The van der Waals surface area contributed by atoms with E-state index in [2.05, 4.69) is 32.0 Å². The van der Waals surface area contributed by atoms with E-state index in [1.807, 2.05) is 0 Å². The molecule has 1 heterocycles. The summed E-state index contributed by atoms with van der Waals surface area (Å²) < 4.78 is 32.3. The van der Waals surface area contributed by atoms with Crippen LogP contribution in [0.2, 0.25) is 0 Å². The molecular formula is C18H17NaO3S4. The molecule has 0 fully saturated rings. The van der Waals surface area contributed by atoms with Gasteiger partial charge in [0.1, 0.15) is 3.82 Å². The van der Waals surface area contributed by atoms with Crippen LogP contribution in [0.3, 0.4) is 0 Å². The van der Waals surface area contributed by atoms with Crippen molar-refractivity contribution in [3.05, 3.63) is 68.5 Å². The van der Waals surface area contributed by atoms with Crippen LogP contribution in [0.1, 0.15) is 23.7 Å². The van der Waals surface area contributed by atoms with Crippen molar-refractivity contribution in [2.45, 2.75) is 25.2 Å². The molecule has 3 rings (SSSR count). The zero-order chi connectivity index (χ0) is 18.2. The summed E-state index contributed by atoms with van der Waals surface area (Å²) in [6, 6.07) is 12.7. The Kier molecular flexibility index (Phi) is 7.38. The molecule has 3 aromatic rings. The second-order valence-electron chi connectivity index (χ2n) is 5.86. The molecule has 0 unspecified atom stereocenters. The Hall–Kier alpha value is -0.380. The summed E-state index contributed by atoms with van der Waals surface area (Å²) in [6.45, 7) is 4.19. The molecular weight excluding hydrogens is 415 g/mol. The fourth-order valence-corrected chi connectivity index (χ4v) is 5.90. The molecule has 1 aromatic heterocycles. The van der Waals surface area contributed by atoms with E-state index in [1.54, 1.807) is 32.8 Å². The molecule has 0 aliphatic heterocycles. The predicted molar refractivity (Wildman–Crippen MR) is 108 cm³/mol. The molecule has 2 aromatic carbocycles. The summed E-state index contributed by atoms with van der Waals surface area (Å²) in [4.78, 5) is 1.06. The molecule has 1 N–H and O–H groups in total. The van der Waals surface area contributed by atoms with Crippen molar-refractivity contribution in [2.24, 2.45) is 0 Å². The summed E-state index contributed by atoms with van der Waals surface area (Å²) >= 11 is 5.51. The van der Waals surface area contributed by atoms with Gasteiger partial charge in [0.05, 0.1) is 9.77 Å². The molecule has 26 heavy (non-hydrogen) atoms. The van der Waals surface area contributed by atoms with Gasteiger partial charge in [0.15, 0.2) is 0 Å². The van der Waals surface area contributed by atoms with E-state index in [1.165, 1.54) is 23.3 Å². The van der Waals surface area contributed by atoms with Gasteiger partial charge in [0.2, 0.25) is 0 Å². The van der Waals surface area contributed by atoms with E-state index in [0.29, 0.717) is 6.42 Å². The SMILES string of the molecule is Cc1ccc(-c2ssc(=S)c2Cc2ccc(S(=O)(=O)O)cc2)cc1C.[H-].[Na+]. The number of hydrogen-bond acceptors (Lipinski definition) is 5. The van der Waals surface area contributed by atoms with Crippen LogP contribution in [0, 0.1) is 17.7 Å². The third-order valence-electron chi connectivity index (χ3n) is 4.09. The van der Waals surface area contributed by atoms with Gasteiger partial charge >= 0.3 is 29.6 Å². The van der Waals surface area contributed by atoms with E-state index < -0.39 is 10.1 Å². The van der Waals surface area contributed by atoms with Gasteiger partial charge in [0.25, 0.3) is 10.1 Å². The Morgan fingerprint density at radius 2 is 1.69 bits per heavy atom. The number of benzene rings is 2. The van der Waals surface area contributed by atoms with Crippen molar-refractivity contribution in [1.82, 2.24) is 0 Å². The zero-order valence-corrected chi connectivity index (χ0v) is 19.9. The van der Waals surface area contributed by atoms with Crippen LogP contribution in [0.15, 0.2) is 47.4 Å². The fourth-order valence-electron chi connectivity index (χ4n) is 2.51. The molecule has 3 nitrogen and oxygen atoms in total. The van der Waals surface area contributed by atoms with Gasteiger partial charge in [-0.05, 0) is 48.2 Å². The van der Waals surface area contributed by atoms with Crippen molar-refractivity contribution in [1.29, 1.82) is 0 Å². The number of aryl methyl sites for hydroxylation is 2. The first kappa shape index (κ1) is 21.9. The van der Waals surface area contributed by atoms with Crippen molar-refractivity contribution in [3.63, 3.8) is 0 Å². The smallest absolute Gasteiger partial charge is 1.00 e. The van der Waals surface area contributed by atoms with Crippen molar-refractivity contribution >= 4 is 43.0 Å². The summed E-state index contributed by atoms with van der Waals surface area (Å²) in [7, 11) is -0.911. The fraction of sp³-hybridized carbons (Fsp3) is 0.167. The van der Waals surface area contributed by atoms with Gasteiger partial charge < -0.3 is 1.43 Å². The van der Waals surface area contributed by atoms with Gasteiger partial charge in [-0.1, -0.05) is 63.2 Å². The van der Waals surface area contributed by atoms with Gasteiger partial charge in [-0.25, -0.2) is 0 Å². The molecule has 0 spiro atoms. The molecule has 0 aliphatic rings. The van der Waals surface area contributed by atoms with Crippen LogP contribution in [-0.2, 0) is 16.5 Å². The Balaban J connectivity index is 0.00000182. The van der Waals surface area contributed by atoms with E-state index in [-0.39, 0.29) is 35.9 Å². The monoisotopic (exact) mass is 432 g/mol. The van der Waals surface area contributed by atoms with Crippen LogP contribution in [-0.4, -0.2) is 13.0 Å². The van der Waals surface area contributed by atoms with Crippen LogP contribution < -0.4 is 29.6 Å². The number of rotatable bonds is 4. The molecule has 0 aliphatic carbocycles. The minimum atomic E-state index is -4.17. The summed E-state index contributed by atoms with van der Waals surface area (Å²) in [5.41, 5.74) is 5.70. The molecule has 0 saturated carbocycles. The van der Waals surface area contributed by atoms with Gasteiger partial charge in [-0.2, -0.15) is 8.42 Å². The van der Waals surface area contributed by atoms with E-state index in [4.69, 9.17) is 16.8 Å². The maximum Gasteiger partial charge on any atom is 1.00 e. The van der Waals surface area contributed by atoms with Gasteiger partial charge in [-0.15, -0.1) is 0 Å². The van der Waals surface area contributed by atoms with Crippen molar-refractivity contribution in [3.8, 4) is 10.4 Å². The largest absolute Gasteiger partial charge is 1.00 e. The first-order valence-corrected chi connectivity index (χ1v) is 11.5. The summed E-state index contributed by atoms with van der Waals surface area (Å²) in [6.07, 6.45) is 0.632. The normalized spacial score (nSPS) is 11.2. The summed E-state index contributed by atoms with van der Waals surface area (Å²) in [5, 5.41) is 0. The van der Waals surface area contributed by atoms with Gasteiger partial charge in [0, 0.05) is 12.0 Å². The quantitative estimate of drug-likeness (QED) is 0.298. The standard InChI is InChI=1S/C18H16O3S4.Na.H/c1-11-3-6-14(9-12(11)2)17-16(18(22)24-23-17)10-13-4-7-15(8-5-13)25(19,20)21;;/h3-9H,10H2,1-2H3,(H,19,20,21);;/q;+1;-1. The van der Waals surface area contributed by atoms with Crippen LogP contribution in [0.5, 0.6) is 0 Å². The molecule has 0 amide bonds. The molecule has 8 heteroatoms. The first-order chi connectivity index (χ1) is 11.8. The third kappa shape index (κ3) is 4.91. The molecule has 0 radical (unpaired) electrons. The maximum atomic E-state index is 11.2. The van der Waals surface area contributed by atoms with Crippen molar-refractivity contribution in [2.75, 3.05) is 0 Å². The van der Waals surface area contributed by atoms with Crippen LogP contribution in [0.25, 0.3) is 10.4 Å². The second-order valence-corrected chi connectivity index (χ2v) is 10.1. The Morgan fingerprint density at radius 1 is 1.04 bits per heavy atom. The first-order valence-electron chi connectivity index (χ1n) is 7.52. The minimum Gasteiger partial charge on any atom is -1.00 e. The third-order valence-corrected chi connectivity index (χ3v) is 8.15. The average molecular weight is 433 g/mol. The summed E-state index contributed by atoms with van der Waals surface area (Å²) in [5.74, 6) is 0. The second kappa shape index (κ2) is 8.75. The zero-order valence-electron chi connectivity index (χ0n) is 15.6. The Morgan fingerprint density at radius 3 is 2.27 bits per heavy atom. The van der Waals surface area contributed by atoms with E-state index in [0.717, 1.165) is 25.4 Å². The Labute approximate surface area is 189 Å². The van der Waals surface area contributed by atoms with Gasteiger partial charge in [-0.3, -0.25) is 4.55 Å². The van der Waals surface area contributed by atoms with Crippen LogP contribution >= 0.6 is 32.9 Å². The number of hydrogen-bond donors (Lipinski definition) is 1. The predicted octanol–water partition coefficient (Wildman–Crippen LogP) is 2.78. The maximum absolute atomic E-state index is 11.2. The Bertz CT molecular complexity index is 1090. The average Bonchev–Trinajstić information content (AvgIpc) is 2.91. The van der Waals surface area contributed by atoms with Crippen molar-refractivity contribution < 1.29 is 44.0 Å². The molecule has 0 saturated heterocycles. The minimum absolute atomic E-state index is 0. The molecule has 132 valence electrons. The molecule has 0 bridgehead atoms. The van der Waals surface area contributed by atoms with E-state index >= 15 is 0 Å². The molecule has 0 atom stereocenters.